The molecule has 28 heavy (non-hydrogen) atoms. The van der Waals surface area contributed by atoms with Gasteiger partial charge in [-0.25, -0.2) is 0 Å². The highest BCUT2D eigenvalue weighted by Gasteiger charge is 2.23. The normalized spacial score (nSPS) is 17.4. The van der Waals surface area contributed by atoms with Crippen molar-refractivity contribution in [1.82, 2.24) is 10.2 Å². The summed E-state index contributed by atoms with van der Waals surface area (Å²) in [6.45, 7) is 6.97. The number of likely N-dealkylation sites (tertiary alicyclic amines) is 1. The van der Waals surface area contributed by atoms with E-state index in [0.29, 0.717) is 6.61 Å². The summed E-state index contributed by atoms with van der Waals surface area (Å²) < 4.78 is 5.56. The number of amides is 1. The zero-order valence-electron chi connectivity index (χ0n) is 16.7. The van der Waals surface area contributed by atoms with Gasteiger partial charge in [-0.2, -0.15) is 0 Å². The maximum absolute atomic E-state index is 11.5. The van der Waals surface area contributed by atoms with Crippen molar-refractivity contribution in [3.05, 3.63) is 65.2 Å². The van der Waals surface area contributed by atoms with Crippen LogP contribution in [0, 0.1) is 5.92 Å². The number of primary amides is 1. The van der Waals surface area contributed by atoms with Crippen molar-refractivity contribution in [3.8, 4) is 5.75 Å². The summed E-state index contributed by atoms with van der Waals surface area (Å²) in [6.07, 6.45) is 1.95. The van der Waals surface area contributed by atoms with E-state index in [9.17, 15) is 4.79 Å². The molecule has 0 aliphatic carbocycles. The van der Waals surface area contributed by atoms with E-state index >= 15 is 0 Å². The Morgan fingerprint density at radius 2 is 1.86 bits per heavy atom. The summed E-state index contributed by atoms with van der Waals surface area (Å²) >= 11 is 0. The Kier molecular flexibility index (Phi) is 7.46. The van der Waals surface area contributed by atoms with Gasteiger partial charge < -0.3 is 15.8 Å². The molecule has 2 aromatic carbocycles. The number of piperidine rings is 1. The van der Waals surface area contributed by atoms with Crippen LogP contribution < -0.4 is 15.8 Å². The standard InChI is InChI=1S/C23H31N3O2/c1-2-28-22-10-4-7-19(13-22)15-25-14-18-6-3-8-20(12-18)16-26-11-5-9-21(17-26)23(24)27/h3-4,6-8,10,12-13,21,25H,2,5,9,11,14-17H2,1H3,(H2,24,27). The number of carbonyl (C=O) groups is 1. The number of nitrogens with one attached hydrogen (secondary N) is 1. The lowest BCUT2D eigenvalue weighted by Gasteiger charge is -2.31. The predicted molar refractivity (Wildman–Crippen MR) is 112 cm³/mol. The second kappa shape index (κ2) is 10.2. The molecular weight excluding hydrogens is 350 g/mol. The molecule has 1 heterocycles. The van der Waals surface area contributed by atoms with Crippen molar-refractivity contribution in [2.75, 3.05) is 19.7 Å². The lowest BCUT2D eigenvalue weighted by atomic mass is 9.97. The van der Waals surface area contributed by atoms with Crippen LogP contribution >= 0.6 is 0 Å². The second-order valence-corrected chi connectivity index (χ2v) is 7.48. The maximum atomic E-state index is 11.5. The van der Waals surface area contributed by atoms with Gasteiger partial charge in [-0.15, -0.1) is 0 Å². The Bertz CT molecular complexity index is 778. The van der Waals surface area contributed by atoms with Crippen molar-refractivity contribution in [2.45, 2.75) is 39.4 Å². The summed E-state index contributed by atoms with van der Waals surface area (Å²) in [5.74, 6) is 0.738. The first-order valence-corrected chi connectivity index (χ1v) is 10.2. The van der Waals surface area contributed by atoms with Gasteiger partial charge in [0.25, 0.3) is 0 Å². The molecule has 0 bridgehead atoms. The minimum Gasteiger partial charge on any atom is -0.494 e. The number of benzene rings is 2. The number of carbonyl (C=O) groups excluding carboxylic acids is 1. The summed E-state index contributed by atoms with van der Waals surface area (Å²) in [5.41, 5.74) is 9.26. The second-order valence-electron chi connectivity index (χ2n) is 7.48. The van der Waals surface area contributed by atoms with Gasteiger partial charge in [0.05, 0.1) is 12.5 Å². The first-order valence-electron chi connectivity index (χ1n) is 10.2. The molecule has 1 unspecified atom stereocenters. The van der Waals surface area contributed by atoms with Crippen molar-refractivity contribution >= 4 is 5.91 Å². The highest BCUT2D eigenvalue weighted by molar-refractivity contribution is 5.76. The van der Waals surface area contributed by atoms with Gasteiger partial charge in [0.1, 0.15) is 5.75 Å². The Morgan fingerprint density at radius 1 is 1.14 bits per heavy atom. The SMILES string of the molecule is CCOc1cccc(CNCc2cccc(CN3CCCC(C(N)=O)C3)c2)c1. The minimum atomic E-state index is -0.170. The zero-order valence-corrected chi connectivity index (χ0v) is 16.7. The number of nitrogens with zero attached hydrogens (tertiary/aromatic N) is 1. The van der Waals surface area contributed by atoms with Crippen LogP contribution in [0.25, 0.3) is 0 Å². The molecule has 5 heteroatoms. The number of ether oxygens (including phenoxy) is 1. The van der Waals surface area contributed by atoms with Gasteiger partial charge in [-0.3, -0.25) is 9.69 Å². The molecule has 1 aliphatic rings. The molecule has 0 aromatic heterocycles. The monoisotopic (exact) mass is 381 g/mol. The van der Waals surface area contributed by atoms with Crippen molar-refractivity contribution in [1.29, 1.82) is 0 Å². The summed E-state index contributed by atoms with van der Waals surface area (Å²) in [7, 11) is 0. The molecule has 0 saturated carbocycles. The Hall–Kier alpha value is -2.37. The first-order chi connectivity index (χ1) is 13.6. The molecule has 150 valence electrons. The van der Waals surface area contributed by atoms with Gasteiger partial charge in [-0.05, 0) is 55.1 Å². The fraction of sp³-hybridized carbons (Fsp3) is 0.435. The molecule has 1 saturated heterocycles. The van der Waals surface area contributed by atoms with Gasteiger partial charge in [0.2, 0.25) is 5.91 Å². The van der Waals surface area contributed by atoms with E-state index in [-0.39, 0.29) is 11.8 Å². The smallest absolute Gasteiger partial charge is 0.221 e. The van der Waals surface area contributed by atoms with Crippen LogP contribution in [0.3, 0.4) is 0 Å². The Balaban J connectivity index is 1.51. The van der Waals surface area contributed by atoms with Crippen LogP contribution in [0.1, 0.15) is 36.5 Å². The quantitative estimate of drug-likeness (QED) is 0.700. The van der Waals surface area contributed by atoms with Gasteiger partial charge in [-0.1, -0.05) is 36.4 Å². The fourth-order valence-electron chi connectivity index (χ4n) is 3.79. The van der Waals surface area contributed by atoms with E-state index in [2.05, 4.69) is 46.6 Å². The third-order valence-corrected chi connectivity index (χ3v) is 5.17. The maximum Gasteiger partial charge on any atom is 0.221 e. The van der Waals surface area contributed by atoms with Crippen LogP contribution in [0.5, 0.6) is 5.75 Å². The summed E-state index contributed by atoms with van der Waals surface area (Å²) in [5, 5.41) is 3.51. The molecule has 1 aliphatic heterocycles. The van der Waals surface area contributed by atoms with Gasteiger partial charge in [0.15, 0.2) is 0 Å². The molecule has 1 amide bonds. The summed E-state index contributed by atoms with van der Waals surface area (Å²) in [4.78, 5) is 13.8. The molecule has 0 spiro atoms. The molecule has 1 fully saturated rings. The average molecular weight is 382 g/mol. The Labute approximate surface area is 167 Å². The van der Waals surface area contributed by atoms with Crippen LogP contribution in [-0.2, 0) is 24.4 Å². The van der Waals surface area contributed by atoms with E-state index in [1.54, 1.807) is 0 Å². The topological polar surface area (TPSA) is 67.6 Å². The lowest BCUT2D eigenvalue weighted by molar-refractivity contribution is -0.123. The van der Waals surface area contributed by atoms with E-state index in [1.165, 1.54) is 16.7 Å². The van der Waals surface area contributed by atoms with Crippen LogP contribution in [0.2, 0.25) is 0 Å². The van der Waals surface area contributed by atoms with Gasteiger partial charge in [0, 0.05) is 26.2 Å². The highest BCUT2D eigenvalue weighted by Crippen LogP contribution is 2.19. The number of hydrogen-bond donors (Lipinski definition) is 2. The largest absolute Gasteiger partial charge is 0.494 e. The van der Waals surface area contributed by atoms with Crippen molar-refractivity contribution in [2.24, 2.45) is 11.7 Å². The molecule has 3 rings (SSSR count). The third-order valence-electron chi connectivity index (χ3n) is 5.17. The predicted octanol–water partition coefficient (Wildman–Crippen LogP) is 3.07. The number of rotatable bonds is 9. The van der Waals surface area contributed by atoms with Crippen molar-refractivity contribution in [3.63, 3.8) is 0 Å². The van der Waals surface area contributed by atoms with E-state index in [4.69, 9.17) is 10.5 Å². The van der Waals surface area contributed by atoms with Crippen LogP contribution in [0.15, 0.2) is 48.5 Å². The fourth-order valence-corrected chi connectivity index (χ4v) is 3.79. The molecule has 5 nitrogen and oxygen atoms in total. The zero-order chi connectivity index (χ0) is 19.8. The van der Waals surface area contributed by atoms with E-state index < -0.39 is 0 Å². The van der Waals surface area contributed by atoms with Gasteiger partial charge >= 0.3 is 0 Å². The number of nitrogens with two attached hydrogens (primary N) is 1. The van der Waals surface area contributed by atoms with Crippen LogP contribution in [-0.4, -0.2) is 30.5 Å². The average Bonchev–Trinajstić information content (AvgIpc) is 2.69. The van der Waals surface area contributed by atoms with E-state index in [0.717, 1.165) is 51.3 Å². The molecule has 2 aromatic rings. The van der Waals surface area contributed by atoms with E-state index in [1.807, 2.05) is 19.1 Å². The van der Waals surface area contributed by atoms with Crippen LogP contribution in [0.4, 0.5) is 0 Å². The number of hydrogen-bond acceptors (Lipinski definition) is 4. The Morgan fingerprint density at radius 3 is 2.61 bits per heavy atom. The summed E-state index contributed by atoms with van der Waals surface area (Å²) in [6, 6.07) is 16.9. The highest BCUT2D eigenvalue weighted by atomic mass is 16.5. The molecule has 1 atom stereocenters. The first kappa shape index (κ1) is 20.4. The molecule has 0 radical (unpaired) electrons. The molecular formula is C23H31N3O2. The molecule has 3 N–H and O–H groups in total. The van der Waals surface area contributed by atoms with Crippen molar-refractivity contribution < 1.29 is 9.53 Å². The minimum absolute atomic E-state index is 0.00829. The third kappa shape index (κ3) is 6.08. The lowest BCUT2D eigenvalue weighted by Crippen LogP contribution is -2.40.